The lowest BCUT2D eigenvalue weighted by Gasteiger charge is -2.34. The Morgan fingerprint density at radius 1 is 1.20 bits per heavy atom. The molecule has 0 spiro atoms. The highest BCUT2D eigenvalue weighted by molar-refractivity contribution is 5.96. The van der Waals surface area contributed by atoms with Crippen LogP contribution in [0.4, 0.5) is 11.6 Å². The summed E-state index contributed by atoms with van der Waals surface area (Å²) in [5.74, 6) is 0.716. The van der Waals surface area contributed by atoms with E-state index in [4.69, 9.17) is 5.73 Å². The normalized spacial score (nSPS) is 15.2. The van der Waals surface area contributed by atoms with Crippen LogP contribution < -0.4 is 16.0 Å². The van der Waals surface area contributed by atoms with Crippen molar-refractivity contribution in [3.63, 3.8) is 0 Å². The number of nitrogens with two attached hydrogens (primary N) is 1. The minimum Gasteiger partial charge on any atom is -0.399 e. The summed E-state index contributed by atoms with van der Waals surface area (Å²) in [4.78, 5) is 25.4. The van der Waals surface area contributed by atoms with Crippen LogP contribution in [0, 0.1) is 6.92 Å². The molecule has 0 radical (unpaired) electrons. The van der Waals surface area contributed by atoms with Crippen molar-refractivity contribution in [3.05, 3.63) is 47.8 Å². The Bertz CT molecular complexity index is 713. The molecule has 1 amide bonds. The molecule has 0 aliphatic carbocycles. The number of nitrogens with one attached hydrogen (secondary N) is 1. The van der Waals surface area contributed by atoms with Crippen LogP contribution in [0.1, 0.15) is 15.9 Å². The highest BCUT2D eigenvalue weighted by Gasteiger charge is 2.18. The molecule has 1 aromatic carbocycles. The van der Waals surface area contributed by atoms with Crippen LogP contribution in [0.15, 0.2) is 36.7 Å². The maximum Gasteiger partial charge on any atom is 0.251 e. The van der Waals surface area contributed by atoms with Crippen LogP contribution in [-0.2, 0) is 0 Å². The third-order valence-electron chi connectivity index (χ3n) is 4.43. The molecule has 7 nitrogen and oxygen atoms in total. The first-order valence-electron chi connectivity index (χ1n) is 8.52. The molecule has 3 rings (SSSR count). The number of amides is 1. The predicted octanol–water partition coefficient (Wildman–Crippen LogP) is 0.919. The topological polar surface area (TPSA) is 87.4 Å². The Labute approximate surface area is 147 Å². The molecule has 3 N–H and O–H groups in total. The molecule has 1 aromatic heterocycles. The fourth-order valence-electron chi connectivity index (χ4n) is 2.93. The molecule has 2 heterocycles. The number of hydrogen-bond acceptors (Lipinski definition) is 6. The Morgan fingerprint density at radius 3 is 2.64 bits per heavy atom. The Balaban J connectivity index is 1.43. The lowest BCUT2D eigenvalue weighted by Crippen LogP contribution is -2.49. The van der Waals surface area contributed by atoms with Crippen molar-refractivity contribution in [1.29, 1.82) is 0 Å². The van der Waals surface area contributed by atoms with Crippen molar-refractivity contribution in [1.82, 2.24) is 20.2 Å². The second-order valence-electron chi connectivity index (χ2n) is 6.21. The van der Waals surface area contributed by atoms with Gasteiger partial charge in [-0.05, 0) is 30.7 Å². The number of nitrogens with zero attached hydrogens (tertiary/aromatic N) is 4. The van der Waals surface area contributed by atoms with E-state index >= 15 is 0 Å². The summed E-state index contributed by atoms with van der Waals surface area (Å²) in [5, 5.41) is 2.98. The molecule has 0 atom stereocenters. The SMILES string of the molecule is Cc1ccc(N)cc1C(=O)NCCN1CCN(c2ncccn2)CC1. The first-order chi connectivity index (χ1) is 12.1. The summed E-state index contributed by atoms with van der Waals surface area (Å²) in [6, 6.07) is 7.23. The van der Waals surface area contributed by atoms with E-state index in [9.17, 15) is 4.79 Å². The van der Waals surface area contributed by atoms with Gasteiger partial charge in [0, 0.05) is 62.9 Å². The molecule has 0 bridgehead atoms. The third kappa shape index (κ3) is 4.45. The zero-order valence-electron chi connectivity index (χ0n) is 14.5. The largest absolute Gasteiger partial charge is 0.399 e. The van der Waals surface area contributed by atoms with Gasteiger partial charge in [0.1, 0.15) is 0 Å². The number of aromatic nitrogens is 2. The van der Waals surface area contributed by atoms with Crippen LogP contribution in [-0.4, -0.2) is 60.0 Å². The van der Waals surface area contributed by atoms with E-state index in [0.717, 1.165) is 44.2 Å². The van der Waals surface area contributed by atoms with Gasteiger partial charge in [-0.2, -0.15) is 0 Å². The van der Waals surface area contributed by atoms with E-state index in [1.165, 1.54) is 0 Å². The van der Waals surface area contributed by atoms with Crippen molar-refractivity contribution in [2.45, 2.75) is 6.92 Å². The van der Waals surface area contributed by atoms with E-state index in [1.807, 2.05) is 25.1 Å². The van der Waals surface area contributed by atoms with E-state index in [2.05, 4.69) is 25.1 Å². The van der Waals surface area contributed by atoms with Crippen molar-refractivity contribution in [2.24, 2.45) is 0 Å². The third-order valence-corrected chi connectivity index (χ3v) is 4.43. The van der Waals surface area contributed by atoms with Gasteiger partial charge in [-0.15, -0.1) is 0 Å². The van der Waals surface area contributed by atoms with Gasteiger partial charge in [-0.3, -0.25) is 9.69 Å². The van der Waals surface area contributed by atoms with Gasteiger partial charge in [-0.25, -0.2) is 9.97 Å². The van der Waals surface area contributed by atoms with Crippen LogP contribution in [0.25, 0.3) is 0 Å². The molecule has 25 heavy (non-hydrogen) atoms. The number of nitrogen functional groups attached to an aromatic ring is 1. The molecule has 1 aliphatic heterocycles. The van der Waals surface area contributed by atoms with Crippen LogP contribution in [0.3, 0.4) is 0 Å². The van der Waals surface area contributed by atoms with E-state index in [-0.39, 0.29) is 5.91 Å². The molecule has 1 fully saturated rings. The fraction of sp³-hybridized carbons (Fsp3) is 0.389. The maximum absolute atomic E-state index is 12.3. The summed E-state index contributed by atoms with van der Waals surface area (Å²) in [5.41, 5.74) is 7.95. The summed E-state index contributed by atoms with van der Waals surface area (Å²) in [7, 11) is 0. The molecule has 132 valence electrons. The second-order valence-corrected chi connectivity index (χ2v) is 6.21. The Hall–Kier alpha value is -2.67. The first-order valence-corrected chi connectivity index (χ1v) is 8.52. The zero-order valence-corrected chi connectivity index (χ0v) is 14.5. The van der Waals surface area contributed by atoms with Crippen molar-refractivity contribution >= 4 is 17.5 Å². The lowest BCUT2D eigenvalue weighted by atomic mass is 10.1. The summed E-state index contributed by atoms with van der Waals surface area (Å²) < 4.78 is 0. The number of aryl methyl sites for hydroxylation is 1. The number of carbonyl (C=O) groups excluding carboxylic acids is 1. The van der Waals surface area contributed by atoms with Crippen LogP contribution in [0.5, 0.6) is 0 Å². The van der Waals surface area contributed by atoms with E-state index in [1.54, 1.807) is 18.5 Å². The number of benzene rings is 1. The van der Waals surface area contributed by atoms with Gasteiger partial charge >= 0.3 is 0 Å². The standard InChI is InChI=1S/C18H24N6O/c1-14-3-4-15(19)13-16(14)17(25)20-7-8-23-9-11-24(12-10-23)18-21-5-2-6-22-18/h2-6,13H,7-12,19H2,1H3,(H,20,25). The van der Waals surface area contributed by atoms with Gasteiger partial charge in [0.2, 0.25) is 5.95 Å². The molecular weight excluding hydrogens is 316 g/mol. The molecule has 7 heteroatoms. The number of piperazine rings is 1. The smallest absolute Gasteiger partial charge is 0.251 e. The van der Waals surface area contributed by atoms with E-state index in [0.29, 0.717) is 17.8 Å². The van der Waals surface area contributed by atoms with Gasteiger partial charge in [0.05, 0.1) is 0 Å². The highest BCUT2D eigenvalue weighted by Crippen LogP contribution is 2.12. The molecule has 1 saturated heterocycles. The molecule has 0 unspecified atom stereocenters. The highest BCUT2D eigenvalue weighted by atomic mass is 16.1. The van der Waals surface area contributed by atoms with Crippen LogP contribution >= 0.6 is 0 Å². The second kappa shape index (κ2) is 7.94. The van der Waals surface area contributed by atoms with Gasteiger partial charge in [-0.1, -0.05) is 6.07 Å². The van der Waals surface area contributed by atoms with Crippen molar-refractivity contribution < 1.29 is 4.79 Å². The van der Waals surface area contributed by atoms with Gasteiger partial charge < -0.3 is 16.0 Å². The average Bonchev–Trinajstić information content (AvgIpc) is 2.65. The Kier molecular flexibility index (Phi) is 5.45. The summed E-state index contributed by atoms with van der Waals surface area (Å²) in [6.07, 6.45) is 3.53. The monoisotopic (exact) mass is 340 g/mol. The summed E-state index contributed by atoms with van der Waals surface area (Å²) in [6.45, 7) is 7.03. The minimum atomic E-state index is -0.0684. The predicted molar refractivity (Wildman–Crippen MR) is 98.6 cm³/mol. The van der Waals surface area contributed by atoms with Crippen LogP contribution in [0.2, 0.25) is 0 Å². The Morgan fingerprint density at radius 2 is 1.92 bits per heavy atom. The maximum atomic E-state index is 12.3. The molecule has 0 saturated carbocycles. The summed E-state index contributed by atoms with van der Waals surface area (Å²) >= 11 is 0. The van der Waals surface area contributed by atoms with Crippen molar-refractivity contribution in [3.8, 4) is 0 Å². The number of carbonyl (C=O) groups is 1. The molecular formula is C18H24N6O. The zero-order chi connectivity index (χ0) is 17.6. The fourth-order valence-corrected chi connectivity index (χ4v) is 2.93. The lowest BCUT2D eigenvalue weighted by molar-refractivity contribution is 0.0947. The average molecular weight is 340 g/mol. The molecule has 1 aliphatic rings. The van der Waals surface area contributed by atoms with Crippen molar-refractivity contribution in [2.75, 3.05) is 49.9 Å². The van der Waals surface area contributed by atoms with Gasteiger partial charge in [0.25, 0.3) is 5.91 Å². The number of rotatable bonds is 5. The first kappa shape index (κ1) is 17.2. The quantitative estimate of drug-likeness (QED) is 0.787. The van der Waals surface area contributed by atoms with Gasteiger partial charge in [0.15, 0.2) is 0 Å². The van der Waals surface area contributed by atoms with E-state index < -0.39 is 0 Å². The number of hydrogen-bond donors (Lipinski definition) is 2. The molecule has 2 aromatic rings. The number of anilines is 2. The minimum absolute atomic E-state index is 0.0684.